The Morgan fingerprint density at radius 2 is 2.26 bits per heavy atom. The van der Waals surface area contributed by atoms with Crippen molar-refractivity contribution in [2.24, 2.45) is 0 Å². The highest BCUT2D eigenvalue weighted by molar-refractivity contribution is 5.91. The average Bonchev–Trinajstić information content (AvgIpc) is 2.96. The smallest absolute Gasteiger partial charge is 0.244 e. The summed E-state index contributed by atoms with van der Waals surface area (Å²) in [5.41, 5.74) is 0. The van der Waals surface area contributed by atoms with Crippen LogP contribution >= 0.6 is 0 Å². The molecule has 2 rings (SSSR count). The zero-order valence-electron chi connectivity index (χ0n) is 11.1. The van der Waals surface area contributed by atoms with Gasteiger partial charge in [0.05, 0.1) is 26.0 Å². The van der Waals surface area contributed by atoms with E-state index in [1.807, 2.05) is 6.07 Å². The average molecular weight is 265 g/mol. The van der Waals surface area contributed by atoms with Crippen molar-refractivity contribution < 1.29 is 18.8 Å². The molecular weight excluding hydrogens is 244 g/mol. The summed E-state index contributed by atoms with van der Waals surface area (Å²) in [5, 5.41) is 2.87. The van der Waals surface area contributed by atoms with E-state index < -0.39 is 0 Å². The molecule has 1 aliphatic heterocycles. The van der Waals surface area contributed by atoms with E-state index in [-0.39, 0.29) is 5.91 Å². The van der Waals surface area contributed by atoms with E-state index in [4.69, 9.17) is 9.15 Å². The molecule has 2 N–H and O–H groups in total. The molecule has 2 heterocycles. The number of morpholine rings is 1. The van der Waals surface area contributed by atoms with Crippen LogP contribution in [0.15, 0.2) is 28.9 Å². The van der Waals surface area contributed by atoms with Crippen LogP contribution in [-0.4, -0.2) is 45.3 Å². The maximum atomic E-state index is 11.5. The number of carbonyl (C=O) groups is 1. The summed E-state index contributed by atoms with van der Waals surface area (Å²) in [7, 11) is 0. The lowest BCUT2D eigenvalue weighted by Crippen LogP contribution is -3.14. The second kappa shape index (κ2) is 7.76. The van der Waals surface area contributed by atoms with Crippen molar-refractivity contribution in [1.82, 2.24) is 5.32 Å². The number of hydrogen-bond acceptors (Lipinski definition) is 3. The predicted molar refractivity (Wildman–Crippen MR) is 71.8 cm³/mol. The Hall–Kier alpha value is -1.59. The topological polar surface area (TPSA) is 55.9 Å². The number of hydrogen-bond donors (Lipinski definition) is 2. The van der Waals surface area contributed by atoms with Crippen molar-refractivity contribution in [3.63, 3.8) is 0 Å². The minimum Gasteiger partial charge on any atom is -0.465 e. The third kappa shape index (κ3) is 5.28. The Morgan fingerprint density at radius 3 is 3.00 bits per heavy atom. The molecule has 0 spiro atoms. The van der Waals surface area contributed by atoms with E-state index in [1.54, 1.807) is 23.3 Å². The SMILES string of the molecule is O=C(/C=C/c1ccco1)NCCC[NH+]1CCOCC1. The van der Waals surface area contributed by atoms with Gasteiger partial charge in [-0.1, -0.05) is 0 Å². The summed E-state index contributed by atoms with van der Waals surface area (Å²) in [4.78, 5) is 13.1. The fraction of sp³-hybridized carbons (Fsp3) is 0.500. The number of ether oxygens (including phenoxy) is 1. The molecule has 1 amide bonds. The van der Waals surface area contributed by atoms with Crippen LogP contribution in [0.2, 0.25) is 0 Å². The fourth-order valence-corrected chi connectivity index (χ4v) is 2.06. The van der Waals surface area contributed by atoms with Gasteiger partial charge >= 0.3 is 0 Å². The van der Waals surface area contributed by atoms with Crippen molar-refractivity contribution in [3.05, 3.63) is 30.2 Å². The minimum atomic E-state index is -0.0756. The number of quaternary nitrogens is 1. The van der Waals surface area contributed by atoms with Crippen LogP contribution in [0.5, 0.6) is 0 Å². The van der Waals surface area contributed by atoms with Gasteiger partial charge in [-0.05, 0) is 18.2 Å². The zero-order valence-corrected chi connectivity index (χ0v) is 11.1. The highest BCUT2D eigenvalue weighted by atomic mass is 16.5. The van der Waals surface area contributed by atoms with E-state index in [0.717, 1.165) is 39.3 Å². The highest BCUT2D eigenvalue weighted by Crippen LogP contribution is 2.01. The zero-order chi connectivity index (χ0) is 13.3. The van der Waals surface area contributed by atoms with Gasteiger partial charge in [0.25, 0.3) is 0 Å². The second-order valence-electron chi connectivity index (χ2n) is 4.61. The third-order valence-electron chi connectivity index (χ3n) is 3.15. The van der Waals surface area contributed by atoms with Gasteiger partial charge in [-0.25, -0.2) is 0 Å². The Kier molecular flexibility index (Phi) is 5.65. The van der Waals surface area contributed by atoms with E-state index in [1.165, 1.54) is 6.08 Å². The molecule has 1 aliphatic rings. The first-order valence-corrected chi connectivity index (χ1v) is 6.75. The van der Waals surface area contributed by atoms with Crippen molar-refractivity contribution in [2.45, 2.75) is 6.42 Å². The monoisotopic (exact) mass is 265 g/mol. The van der Waals surface area contributed by atoms with Gasteiger partial charge in [0, 0.05) is 19.0 Å². The fourth-order valence-electron chi connectivity index (χ4n) is 2.06. The van der Waals surface area contributed by atoms with Gasteiger partial charge in [0.15, 0.2) is 0 Å². The highest BCUT2D eigenvalue weighted by Gasteiger charge is 2.12. The Balaban J connectivity index is 1.56. The van der Waals surface area contributed by atoms with Gasteiger partial charge in [-0.2, -0.15) is 0 Å². The molecule has 0 atom stereocenters. The molecule has 0 saturated carbocycles. The van der Waals surface area contributed by atoms with E-state index >= 15 is 0 Å². The number of furan rings is 1. The lowest BCUT2D eigenvalue weighted by atomic mass is 10.3. The number of carbonyl (C=O) groups excluding carboxylic acids is 1. The van der Waals surface area contributed by atoms with Crippen LogP contribution in [0.1, 0.15) is 12.2 Å². The lowest BCUT2D eigenvalue weighted by Gasteiger charge is -2.23. The molecule has 5 heteroatoms. The molecule has 19 heavy (non-hydrogen) atoms. The normalized spacial score (nSPS) is 16.8. The largest absolute Gasteiger partial charge is 0.465 e. The third-order valence-corrected chi connectivity index (χ3v) is 3.15. The van der Waals surface area contributed by atoms with E-state index in [2.05, 4.69) is 5.32 Å². The van der Waals surface area contributed by atoms with Gasteiger partial charge in [0.1, 0.15) is 18.8 Å². The summed E-state index contributed by atoms with van der Waals surface area (Å²) >= 11 is 0. The molecule has 0 bridgehead atoms. The molecule has 0 unspecified atom stereocenters. The lowest BCUT2D eigenvalue weighted by molar-refractivity contribution is -0.908. The summed E-state index contributed by atoms with van der Waals surface area (Å²) in [5.74, 6) is 0.612. The first-order chi connectivity index (χ1) is 9.34. The van der Waals surface area contributed by atoms with Crippen molar-refractivity contribution in [3.8, 4) is 0 Å². The van der Waals surface area contributed by atoms with E-state index in [9.17, 15) is 4.79 Å². The van der Waals surface area contributed by atoms with Crippen LogP contribution in [0.3, 0.4) is 0 Å². The molecule has 1 fully saturated rings. The van der Waals surface area contributed by atoms with Crippen molar-refractivity contribution in [1.29, 1.82) is 0 Å². The van der Waals surface area contributed by atoms with Crippen LogP contribution < -0.4 is 10.2 Å². The van der Waals surface area contributed by atoms with Gasteiger partial charge in [0.2, 0.25) is 5.91 Å². The van der Waals surface area contributed by atoms with Gasteiger partial charge in [-0.15, -0.1) is 0 Å². The minimum absolute atomic E-state index is 0.0756. The summed E-state index contributed by atoms with van der Waals surface area (Å²) in [6.45, 7) is 5.66. The Bertz CT molecular complexity index is 395. The first kappa shape index (κ1) is 13.8. The molecule has 0 aliphatic carbocycles. The molecule has 104 valence electrons. The summed E-state index contributed by atoms with van der Waals surface area (Å²) in [6, 6.07) is 3.61. The van der Waals surface area contributed by atoms with Gasteiger partial charge in [-0.3, -0.25) is 4.79 Å². The molecule has 0 aromatic carbocycles. The first-order valence-electron chi connectivity index (χ1n) is 6.75. The van der Waals surface area contributed by atoms with E-state index in [0.29, 0.717) is 12.3 Å². The molecular formula is C14H21N2O3+. The number of rotatable bonds is 6. The summed E-state index contributed by atoms with van der Waals surface area (Å²) in [6.07, 6.45) is 5.75. The van der Waals surface area contributed by atoms with Crippen molar-refractivity contribution >= 4 is 12.0 Å². The second-order valence-corrected chi connectivity index (χ2v) is 4.61. The molecule has 1 aromatic rings. The molecule has 1 aromatic heterocycles. The predicted octanol–water partition coefficient (Wildman–Crippen LogP) is -0.286. The summed E-state index contributed by atoms with van der Waals surface area (Å²) < 4.78 is 10.4. The maximum Gasteiger partial charge on any atom is 0.244 e. The maximum absolute atomic E-state index is 11.5. The van der Waals surface area contributed by atoms with Crippen LogP contribution in [0.25, 0.3) is 6.08 Å². The van der Waals surface area contributed by atoms with Crippen molar-refractivity contribution in [2.75, 3.05) is 39.4 Å². The quantitative estimate of drug-likeness (QED) is 0.549. The van der Waals surface area contributed by atoms with Crippen LogP contribution in [0.4, 0.5) is 0 Å². The van der Waals surface area contributed by atoms with Crippen LogP contribution in [0, 0.1) is 0 Å². The number of nitrogens with one attached hydrogen (secondary N) is 2. The van der Waals surface area contributed by atoms with Gasteiger partial charge < -0.3 is 19.4 Å². The molecule has 1 saturated heterocycles. The standard InChI is InChI=1S/C14H20N2O3/c17-14(5-4-13-3-1-10-19-13)15-6-2-7-16-8-11-18-12-9-16/h1,3-5,10H,2,6-9,11-12H2,(H,15,17)/p+1/b5-4+. The Morgan fingerprint density at radius 1 is 1.42 bits per heavy atom. The molecule has 5 nitrogen and oxygen atoms in total. The molecule has 0 radical (unpaired) electrons. The Labute approximate surface area is 113 Å². The number of amides is 1. The van der Waals surface area contributed by atoms with Crippen LogP contribution in [-0.2, 0) is 9.53 Å².